The molecule has 5 nitrogen and oxygen atoms in total. The lowest BCUT2D eigenvalue weighted by atomic mass is 9.76. The second-order valence-corrected chi connectivity index (χ2v) is 7.55. The summed E-state index contributed by atoms with van der Waals surface area (Å²) in [5, 5.41) is 2.66. The number of ether oxygens (including phenoxy) is 1. The molecule has 26 heavy (non-hydrogen) atoms. The van der Waals surface area contributed by atoms with Crippen molar-refractivity contribution in [1.82, 2.24) is 0 Å². The van der Waals surface area contributed by atoms with Crippen molar-refractivity contribution in [2.75, 3.05) is 5.32 Å². The molecule has 0 aliphatic heterocycles. The number of benzene rings is 2. The number of amides is 1. The van der Waals surface area contributed by atoms with Gasteiger partial charge in [0, 0.05) is 11.1 Å². The third kappa shape index (κ3) is 4.92. The Morgan fingerprint density at radius 2 is 1.54 bits per heavy atom. The average Bonchev–Trinajstić information content (AvgIpc) is 2.60. The second-order valence-electron chi connectivity index (χ2n) is 7.55. The topological polar surface area (TPSA) is 81.4 Å². The molecular weight excluding hydrogens is 328 g/mol. The van der Waals surface area contributed by atoms with Crippen LogP contribution >= 0.6 is 0 Å². The zero-order chi connectivity index (χ0) is 19.4. The molecule has 0 spiro atoms. The number of nitrogens with two attached hydrogens (primary N) is 1. The fourth-order valence-corrected chi connectivity index (χ4v) is 2.69. The molecule has 2 rings (SSSR count). The first-order chi connectivity index (χ1) is 12.1. The summed E-state index contributed by atoms with van der Waals surface area (Å²) in [5.41, 5.74) is 6.82. The molecule has 0 aromatic heterocycles. The van der Waals surface area contributed by atoms with Crippen molar-refractivity contribution >= 4 is 17.6 Å². The van der Waals surface area contributed by atoms with Crippen LogP contribution in [0.4, 0.5) is 10.5 Å². The summed E-state index contributed by atoms with van der Waals surface area (Å²) in [6, 6.07) is 16.4. The molecule has 2 aromatic carbocycles. The van der Waals surface area contributed by atoms with E-state index in [1.807, 2.05) is 51.1 Å². The van der Waals surface area contributed by atoms with Crippen molar-refractivity contribution in [3.05, 3.63) is 65.7 Å². The average molecular weight is 354 g/mol. The van der Waals surface area contributed by atoms with E-state index in [0.29, 0.717) is 11.3 Å². The van der Waals surface area contributed by atoms with Gasteiger partial charge in [-0.3, -0.25) is 10.1 Å². The van der Waals surface area contributed by atoms with E-state index in [2.05, 4.69) is 5.32 Å². The number of rotatable bonds is 5. The maximum Gasteiger partial charge on any atom is 0.411 e. The van der Waals surface area contributed by atoms with Gasteiger partial charge in [0.2, 0.25) is 0 Å². The lowest BCUT2D eigenvalue weighted by molar-refractivity contribution is -0.131. The Bertz CT molecular complexity index is 760. The van der Waals surface area contributed by atoms with Crippen LogP contribution in [-0.2, 0) is 21.7 Å². The third-order valence-corrected chi connectivity index (χ3v) is 4.10. The van der Waals surface area contributed by atoms with Crippen molar-refractivity contribution in [2.24, 2.45) is 11.1 Å². The third-order valence-electron chi connectivity index (χ3n) is 4.10. The normalized spacial score (nSPS) is 13.6. The summed E-state index contributed by atoms with van der Waals surface area (Å²) < 4.78 is 5.18. The molecule has 0 radical (unpaired) electrons. The molecule has 0 bridgehead atoms. The van der Waals surface area contributed by atoms with Crippen molar-refractivity contribution in [2.45, 2.75) is 39.8 Å². The number of hydrogen-bond donors (Lipinski definition) is 2. The number of nitrogens with one attached hydrogen (secondary N) is 1. The number of carbonyl (C=O) groups is 2. The van der Waals surface area contributed by atoms with E-state index >= 15 is 0 Å². The molecule has 5 heteroatoms. The van der Waals surface area contributed by atoms with Crippen LogP contribution in [0.15, 0.2) is 54.6 Å². The second kappa shape index (κ2) is 7.70. The SMILES string of the molecule is CC(C)(C)C(=O)C(C)(N)c1ccc(NC(=O)OCc2ccccc2)cc1. The van der Waals surface area contributed by atoms with Crippen LogP contribution in [0.25, 0.3) is 0 Å². The summed E-state index contributed by atoms with van der Waals surface area (Å²) in [6.45, 7) is 7.44. The van der Waals surface area contributed by atoms with Crippen LogP contribution in [0.2, 0.25) is 0 Å². The molecule has 138 valence electrons. The van der Waals surface area contributed by atoms with E-state index in [1.54, 1.807) is 31.2 Å². The number of carbonyl (C=O) groups excluding carboxylic acids is 2. The fourth-order valence-electron chi connectivity index (χ4n) is 2.69. The quantitative estimate of drug-likeness (QED) is 0.842. The number of hydrogen-bond acceptors (Lipinski definition) is 4. The minimum Gasteiger partial charge on any atom is -0.444 e. The molecule has 2 aromatic rings. The summed E-state index contributed by atoms with van der Waals surface area (Å²) >= 11 is 0. The van der Waals surface area contributed by atoms with Crippen molar-refractivity contribution in [3.63, 3.8) is 0 Å². The highest BCUT2D eigenvalue weighted by Gasteiger charge is 2.37. The monoisotopic (exact) mass is 354 g/mol. The van der Waals surface area contributed by atoms with E-state index in [9.17, 15) is 9.59 Å². The summed E-state index contributed by atoms with van der Waals surface area (Å²) in [4.78, 5) is 24.4. The molecule has 3 N–H and O–H groups in total. The molecular formula is C21H26N2O3. The van der Waals surface area contributed by atoms with Crippen LogP contribution in [0.5, 0.6) is 0 Å². The number of Topliss-reactive ketones (excluding diaryl/α,β-unsaturated/α-hetero) is 1. The van der Waals surface area contributed by atoms with Crippen LogP contribution < -0.4 is 11.1 Å². The van der Waals surface area contributed by atoms with Gasteiger partial charge < -0.3 is 10.5 Å². The molecule has 0 heterocycles. The van der Waals surface area contributed by atoms with Gasteiger partial charge in [0.25, 0.3) is 0 Å². The Labute approximate surface area is 154 Å². The van der Waals surface area contributed by atoms with Gasteiger partial charge in [0.05, 0.1) is 5.54 Å². The van der Waals surface area contributed by atoms with E-state index in [0.717, 1.165) is 5.56 Å². The lowest BCUT2D eigenvalue weighted by Crippen LogP contribution is -2.47. The smallest absolute Gasteiger partial charge is 0.411 e. The van der Waals surface area contributed by atoms with Crippen molar-refractivity contribution in [1.29, 1.82) is 0 Å². The minimum absolute atomic E-state index is 0.0482. The molecule has 1 unspecified atom stereocenters. The van der Waals surface area contributed by atoms with Gasteiger partial charge in [-0.2, -0.15) is 0 Å². The highest BCUT2D eigenvalue weighted by Crippen LogP contribution is 2.29. The molecule has 0 saturated heterocycles. The molecule has 0 fully saturated rings. The molecule has 1 atom stereocenters. The maximum absolute atomic E-state index is 12.6. The van der Waals surface area contributed by atoms with Crippen LogP contribution in [-0.4, -0.2) is 11.9 Å². The minimum atomic E-state index is -1.09. The van der Waals surface area contributed by atoms with E-state index in [4.69, 9.17) is 10.5 Å². The Hall–Kier alpha value is -2.66. The van der Waals surface area contributed by atoms with Crippen LogP contribution in [0.1, 0.15) is 38.8 Å². The van der Waals surface area contributed by atoms with Crippen LogP contribution in [0.3, 0.4) is 0 Å². The lowest BCUT2D eigenvalue weighted by Gasteiger charge is -2.31. The van der Waals surface area contributed by atoms with Gasteiger partial charge >= 0.3 is 6.09 Å². The van der Waals surface area contributed by atoms with Crippen LogP contribution in [0, 0.1) is 5.41 Å². The largest absolute Gasteiger partial charge is 0.444 e. The first-order valence-corrected chi connectivity index (χ1v) is 8.53. The van der Waals surface area contributed by atoms with Gasteiger partial charge in [-0.05, 0) is 30.2 Å². The van der Waals surface area contributed by atoms with Crippen molar-refractivity contribution in [3.8, 4) is 0 Å². The first-order valence-electron chi connectivity index (χ1n) is 8.53. The Morgan fingerprint density at radius 1 is 0.962 bits per heavy atom. The molecule has 0 aliphatic rings. The Morgan fingerprint density at radius 3 is 2.08 bits per heavy atom. The highest BCUT2D eigenvalue weighted by atomic mass is 16.5. The van der Waals surface area contributed by atoms with Gasteiger partial charge in [-0.15, -0.1) is 0 Å². The zero-order valence-corrected chi connectivity index (χ0v) is 15.7. The van der Waals surface area contributed by atoms with Gasteiger partial charge in [0.15, 0.2) is 5.78 Å². The number of anilines is 1. The van der Waals surface area contributed by atoms with Gasteiger partial charge in [-0.25, -0.2) is 4.79 Å². The molecule has 1 amide bonds. The number of ketones is 1. The standard InChI is InChI=1S/C21H26N2O3/c1-20(2,3)18(24)21(4,22)16-10-12-17(13-11-16)23-19(25)26-14-15-8-6-5-7-9-15/h5-13H,14,22H2,1-4H3,(H,23,25). The van der Waals surface area contributed by atoms with Crippen molar-refractivity contribution < 1.29 is 14.3 Å². The van der Waals surface area contributed by atoms with E-state index in [-0.39, 0.29) is 12.4 Å². The van der Waals surface area contributed by atoms with Gasteiger partial charge in [-0.1, -0.05) is 63.2 Å². The predicted octanol–water partition coefficient (Wildman–Crippen LogP) is 4.22. The Balaban J connectivity index is 1.98. The predicted molar refractivity (Wildman–Crippen MR) is 103 cm³/mol. The van der Waals surface area contributed by atoms with E-state index in [1.165, 1.54) is 0 Å². The first kappa shape index (κ1) is 19.7. The highest BCUT2D eigenvalue weighted by molar-refractivity contribution is 5.93. The molecule has 0 aliphatic carbocycles. The summed E-state index contributed by atoms with van der Waals surface area (Å²) in [6.07, 6.45) is -0.539. The zero-order valence-electron chi connectivity index (χ0n) is 15.7. The maximum atomic E-state index is 12.6. The fraction of sp³-hybridized carbons (Fsp3) is 0.333. The van der Waals surface area contributed by atoms with E-state index < -0.39 is 17.0 Å². The summed E-state index contributed by atoms with van der Waals surface area (Å²) in [5.74, 6) is -0.0482. The molecule has 0 saturated carbocycles. The Kier molecular flexibility index (Phi) is 5.83. The summed E-state index contributed by atoms with van der Waals surface area (Å²) in [7, 11) is 0. The van der Waals surface area contributed by atoms with Gasteiger partial charge in [0.1, 0.15) is 6.61 Å².